The predicted molar refractivity (Wildman–Crippen MR) is 111 cm³/mol. The lowest BCUT2D eigenvalue weighted by atomic mass is 9.96. The van der Waals surface area contributed by atoms with E-state index in [1.54, 1.807) is 12.4 Å². The average molecular weight is 386 g/mol. The summed E-state index contributed by atoms with van der Waals surface area (Å²) < 4.78 is 1.91. The Morgan fingerprint density at radius 3 is 2.64 bits per heavy atom. The second kappa shape index (κ2) is 6.80. The molecule has 1 aliphatic rings. The summed E-state index contributed by atoms with van der Waals surface area (Å²) in [6, 6.07) is 8.02. The Morgan fingerprint density at radius 1 is 1.04 bits per heavy atom. The highest BCUT2D eigenvalue weighted by Crippen LogP contribution is 2.37. The first-order valence-electron chi connectivity index (χ1n) is 9.26. The molecule has 0 spiro atoms. The summed E-state index contributed by atoms with van der Waals surface area (Å²) in [5.74, 6) is 0. The largest absolute Gasteiger partial charge is 0.307 e. The zero-order valence-corrected chi connectivity index (χ0v) is 16.2. The predicted octanol–water partition coefficient (Wildman–Crippen LogP) is 4.35. The minimum Gasteiger partial charge on any atom is -0.307 e. The molecule has 0 bridgehead atoms. The first-order valence-corrected chi connectivity index (χ1v) is 10.1. The Bertz CT molecular complexity index is 1230. The van der Waals surface area contributed by atoms with Crippen molar-refractivity contribution in [3.8, 4) is 33.0 Å². The van der Waals surface area contributed by atoms with E-state index in [4.69, 9.17) is 0 Å². The van der Waals surface area contributed by atoms with E-state index >= 15 is 0 Å². The van der Waals surface area contributed by atoms with Crippen molar-refractivity contribution in [2.45, 2.75) is 26.3 Å². The van der Waals surface area contributed by atoms with Crippen molar-refractivity contribution in [1.82, 2.24) is 19.5 Å². The van der Waals surface area contributed by atoms with E-state index < -0.39 is 0 Å². The van der Waals surface area contributed by atoms with Crippen LogP contribution in [0.3, 0.4) is 0 Å². The van der Waals surface area contributed by atoms with Crippen LogP contribution in [0, 0.1) is 6.92 Å². The van der Waals surface area contributed by atoms with Crippen LogP contribution in [0.25, 0.3) is 33.0 Å². The Balaban J connectivity index is 1.89. The highest BCUT2D eigenvalue weighted by Gasteiger charge is 2.23. The van der Waals surface area contributed by atoms with Gasteiger partial charge in [0.2, 0.25) is 0 Å². The quantitative estimate of drug-likeness (QED) is 0.514. The molecule has 138 valence electrons. The van der Waals surface area contributed by atoms with Crippen LogP contribution >= 0.6 is 11.3 Å². The van der Waals surface area contributed by atoms with E-state index in [0.717, 1.165) is 45.9 Å². The molecule has 0 amide bonds. The number of aryl methyl sites for hydroxylation is 2. The Morgan fingerprint density at radius 2 is 1.86 bits per heavy atom. The maximum atomic E-state index is 13.5. The van der Waals surface area contributed by atoms with Crippen LogP contribution in [0.4, 0.5) is 0 Å². The number of thiazole rings is 1. The highest BCUT2D eigenvalue weighted by molar-refractivity contribution is 7.13. The second-order valence-electron chi connectivity index (χ2n) is 6.94. The van der Waals surface area contributed by atoms with Gasteiger partial charge in [0, 0.05) is 53.5 Å². The zero-order chi connectivity index (χ0) is 19.1. The number of pyridine rings is 3. The van der Waals surface area contributed by atoms with Crippen LogP contribution in [0.2, 0.25) is 0 Å². The normalized spacial score (nSPS) is 12.9. The number of hydrogen-bond acceptors (Lipinski definition) is 5. The first kappa shape index (κ1) is 17.0. The Kier molecular flexibility index (Phi) is 4.13. The summed E-state index contributed by atoms with van der Waals surface area (Å²) >= 11 is 1.51. The minimum atomic E-state index is 0.0128. The maximum absolute atomic E-state index is 13.5. The van der Waals surface area contributed by atoms with E-state index in [1.807, 2.05) is 47.5 Å². The van der Waals surface area contributed by atoms with Crippen molar-refractivity contribution in [3.05, 3.63) is 76.0 Å². The molecule has 0 N–H and O–H groups in total. The molecular formula is C22H18N4OS. The molecule has 0 unspecified atom stereocenters. The van der Waals surface area contributed by atoms with Gasteiger partial charge in [-0.25, -0.2) is 4.98 Å². The zero-order valence-electron chi connectivity index (χ0n) is 15.4. The lowest BCUT2D eigenvalue weighted by Crippen LogP contribution is -2.23. The van der Waals surface area contributed by atoms with Crippen LogP contribution in [0.1, 0.15) is 17.7 Å². The lowest BCUT2D eigenvalue weighted by molar-refractivity contribution is 0.642. The summed E-state index contributed by atoms with van der Waals surface area (Å²) in [5.41, 5.74) is 6.85. The Labute approximate surface area is 166 Å². The van der Waals surface area contributed by atoms with Crippen molar-refractivity contribution in [1.29, 1.82) is 0 Å². The summed E-state index contributed by atoms with van der Waals surface area (Å²) in [6.45, 7) is 2.63. The van der Waals surface area contributed by atoms with Crippen LogP contribution in [0.5, 0.6) is 0 Å². The molecule has 0 atom stereocenters. The van der Waals surface area contributed by atoms with Gasteiger partial charge >= 0.3 is 0 Å². The molecule has 4 aromatic heterocycles. The minimum absolute atomic E-state index is 0.0128. The van der Waals surface area contributed by atoms with Gasteiger partial charge in [0.15, 0.2) is 0 Å². The molecule has 5 rings (SSSR count). The molecule has 0 aromatic carbocycles. The fourth-order valence-electron chi connectivity index (χ4n) is 3.84. The number of aromatic nitrogens is 4. The van der Waals surface area contributed by atoms with Crippen molar-refractivity contribution < 1.29 is 0 Å². The average Bonchev–Trinajstić information content (AvgIpc) is 3.06. The van der Waals surface area contributed by atoms with Gasteiger partial charge in [0.1, 0.15) is 5.01 Å². The molecule has 0 saturated heterocycles. The topological polar surface area (TPSA) is 60.7 Å². The smallest absolute Gasteiger partial charge is 0.261 e. The van der Waals surface area contributed by atoms with Crippen molar-refractivity contribution in [2.24, 2.45) is 0 Å². The molecule has 5 heterocycles. The maximum Gasteiger partial charge on any atom is 0.261 e. The fourth-order valence-corrected chi connectivity index (χ4v) is 4.64. The molecule has 6 heteroatoms. The molecule has 0 aliphatic carbocycles. The van der Waals surface area contributed by atoms with Crippen LogP contribution in [-0.4, -0.2) is 19.5 Å². The van der Waals surface area contributed by atoms with E-state index in [9.17, 15) is 4.79 Å². The van der Waals surface area contributed by atoms with Crippen LogP contribution in [0.15, 0.2) is 59.2 Å². The first-order chi connectivity index (χ1) is 13.7. The molecule has 1 aliphatic heterocycles. The number of fused-ring (bicyclic) bond motifs is 3. The van der Waals surface area contributed by atoms with Gasteiger partial charge < -0.3 is 4.57 Å². The monoisotopic (exact) mass is 386 g/mol. The van der Waals surface area contributed by atoms with Crippen molar-refractivity contribution >= 4 is 11.3 Å². The third-order valence-electron chi connectivity index (χ3n) is 5.12. The lowest BCUT2D eigenvalue weighted by Gasteiger charge is -2.18. The molecule has 4 aromatic rings. The third-order valence-corrected chi connectivity index (χ3v) is 6.12. The number of hydrogen-bond donors (Lipinski definition) is 0. The third kappa shape index (κ3) is 2.77. The van der Waals surface area contributed by atoms with Gasteiger partial charge in [-0.1, -0.05) is 0 Å². The van der Waals surface area contributed by atoms with Gasteiger partial charge in [0.25, 0.3) is 5.56 Å². The molecule has 28 heavy (non-hydrogen) atoms. The summed E-state index contributed by atoms with van der Waals surface area (Å²) in [7, 11) is 0. The molecule has 0 saturated carbocycles. The van der Waals surface area contributed by atoms with Crippen LogP contribution in [-0.2, 0) is 13.0 Å². The van der Waals surface area contributed by atoms with Gasteiger partial charge in [-0.05, 0) is 55.2 Å². The summed E-state index contributed by atoms with van der Waals surface area (Å²) in [4.78, 5) is 26.5. The Hall–Kier alpha value is -3.12. The molecule has 5 nitrogen and oxygen atoms in total. The summed E-state index contributed by atoms with van der Waals surface area (Å²) in [5, 5.41) is 2.75. The fraction of sp³-hybridized carbons (Fsp3) is 0.182. The van der Waals surface area contributed by atoms with E-state index in [2.05, 4.69) is 21.0 Å². The van der Waals surface area contributed by atoms with E-state index in [0.29, 0.717) is 12.1 Å². The number of rotatable bonds is 2. The van der Waals surface area contributed by atoms with E-state index in [1.165, 1.54) is 16.9 Å². The van der Waals surface area contributed by atoms with Gasteiger partial charge in [0.05, 0.1) is 11.3 Å². The second-order valence-corrected chi connectivity index (χ2v) is 7.80. The SMILES string of the molecule is Cc1csc(-c2cc(-c3ccncc3)c3n(c2=O)CCCc2ccncc2-3)n1. The van der Waals surface area contributed by atoms with Gasteiger partial charge in [-0.3, -0.25) is 14.8 Å². The van der Waals surface area contributed by atoms with E-state index in [-0.39, 0.29) is 5.56 Å². The molecular weight excluding hydrogens is 368 g/mol. The highest BCUT2D eigenvalue weighted by atomic mass is 32.1. The van der Waals surface area contributed by atoms with Gasteiger partial charge in [-0.2, -0.15) is 0 Å². The van der Waals surface area contributed by atoms with Crippen molar-refractivity contribution in [2.75, 3.05) is 0 Å². The molecule has 0 fully saturated rings. The van der Waals surface area contributed by atoms with Gasteiger partial charge in [-0.15, -0.1) is 11.3 Å². The summed E-state index contributed by atoms with van der Waals surface area (Å²) in [6.07, 6.45) is 9.12. The van der Waals surface area contributed by atoms with Crippen molar-refractivity contribution in [3.63, 3.8) is 0 Å². The van der Waals surface area contributed by atoms with Crippen LogP contribution < -0.4 is 5.56 Å². The molecule has 0 radical (unpaired) electrons. The standard InChI is InChI=1S/C22H18N4OS/c1-14-13-28-21(25-14)18-11-17(16-4-7-23-8-5-16)20-19-12-24-9-6-15(19)3-2-10-26(20)22(18)27/h4-9,11-13H,2-3,10H2,1H3. The number of nitrogens with zero attached hydrogens (tertiary/aromatic N) is 4.